The molecule has 1 aromatic heterocycles. The lowest BCUT2D eigenvalue weighted by Crippen LogP contribution is -2.60. The normalized spacial score (nSPS) is 24.3. The number of phenolic OH excluding ortho intramolecular Hbond substituents is 2. The number of methoxy groups -OCH3 is 2. The number of phenols is 2. The van der Waals surface area contributed by atoms with E-state index in [-0.39, 0.29) is 34.0 Å². The van der Waals surface area contributed by atoms with Crippen LogP contribution in [-0.4, -0.2) is 82.2 Å². The van der Waals surface area contributed by atoms with Gasteiger partial charge in [0.25, 0.3) is 0 Å². The molecule has 12 heteroatoms. The number of aliphatic hydroxyl groups is 4. The number of rotatable bonds is 6. The van der Waals surface area contributed by atoms with Gasteiger partial charge >= 0.3 is 0 Å². The number of fused-ring (bicyclic) bond motifs is 1. The lowest BCUT2D eigenvalue weighted by Gasteiger charge is -2.39. The van der Waals surface area contributed by atoms with Gasteiger partial charge in [0.1, 0.15) is 41.1 Å². The second-order valence-corrected chi connectivity index (χ2v) is 7.81. The van der Waals surface area contributed by atoms with Crippen LogP contribution in [0.15, 0.2) is 39.5 Å². The zero-order chi connectivity index (χ0) is 25.4. The van der Waals surface area contributed by atoms with Gasteiger partial charge in [-0.05, 0) is 18.2 Å². The van der Waals surface area contributed by atoms with E-state index < -0.39 is 54.2 Å². The predicted molar refractivity (Wildman–Crippen MR) is 119 cm³/mol. The summed E-state index contributed by atoms with van der Waals surface area (Å²) in [5.74, 6) is -1.04. The van der Waals surface area contributed by atoms with Crippen molar-refractivity contribution in [2.75, 3.05) is 20.8 Å². The van der Waals surface area contributed by atoms with Crippen molar-refractivity contribution >= 4 is 11.0 Å². The number of aliphatic hydroxyl groups excluding tert-OH is 4. The first-order chi connectivity index (χ1) is 16.7. The van der Waals surface area contributed by atoms with E-state index in [0.29, 0.717) is 5.56 Å². The summed E-state index contributed by atoms with van der Waals surface area (Å²) in [6.45, 7) is -0.682. The number of aromatic hydroxyl groups is 2. The molecule has 1 aliphatic heterocycles. The Hall–Kier alpha value is -3.55. The van der Waals surface area contributed by atoms with Gasteiger partial charge < -0.3 is 54.0 Å². The molecule has 4 rings (SSSR count). The highest BCUT2D eigenvalue weighted by molar-refractivity contribution is 5.89. The molecule has 1 saturated heterocycles. The van der Waals surface area contributed by atoms with Crippen molar-refractivity contribution in [2.24, 2.45) is 0 Å². The summed E-state index contributed by atoms with van der Waals surface area (Å²) < 4.78 is 26.9. The predicted octanol–water partition coefficient (Wildman–Crippen LogP) is 0.0671. The molecule has 0 amide bonds. The first kappa shape index (κ1) is 24.6. The van der Waals surface area contributed by atoms with Crippen LogP contribution < -0.4 is 19.6 Å². The van der Waals surface area contributed by atoms with Crippen LogP contribution in [0.25, 0.3) is 22.3 Å². The minimum atomic E-state index is -1.76. The van der Waals surface area contributed by atoms with E-state index in [1.807, 2.05) is 0 Å². The summed E-state index contributed by atoms with van der Waals surface area (Å²) in [6.07, 6.45) is -7.95. The van der Waals surface area contributed by atoms with Crippen molar-refractivity contribution in [1.82, 2.24) is 0 Å². The number of benzene rings is 2. The Morgan fingerprint density at radius 1 is 0.943 bits per heavy atom. The van der Waals surface area contributed by atoms with Gasteiger partial charge in [-0.2, -0.15) is 0 Å². The average molecular weight is 492 g/mol. The molecule has 188 valence electrons. The summed E-state index contributed by atoms with van der Waals surface area (Å²) in [5, 5.41) is 60.2. The third kappa shape index (κ3) is 4.33. The van der Waals surface area contributed by atoms with Crippen molar-refractivity contribution < 1.29 is 54.0 Å². The van der Waals surface area contributed by atoms with Crippen molar-refractivity contribution in [3.63, 3.8) is 0 Å². The summed E-state index contributed by atoms with van der Waals surface area (Å²) in [7, 11) is 2.65. The summed E-state index contributed by atoms with van der Waals surface area (Å²) in [6, 6.07) is 6.77. The molecule has 0 saturated carbocycles. The molecule has 3 aromatic rings. The Morgan fingerprint density at radius 2 is 1.66 bits per heavy atom. The lowest BCUT2D eigenvalue weighted by atomic mass is 9.99. The maximum atomic E-state index is 12.9. The second-order valence-electron chi connectivity index (χ2n) is 7.81. The van der Waals surface area contributed by atoms with E-state index in [4.69, 9.17) is 23.4 Å². The van der Waals surface area contributed by atoms with Crippen LogP contribution in [-0.2, 0) is 4.74 Å². The molecule has 6 N–H and O–H groups in total. The molecule has 12 nitrogen and oxygen atoms in total. The fraction of sp³-hybridized carbons (Fsp3) is 0.348. The summed E-state index contributed by atoms with van der Waals surface area (Å²) >= 11 is 0. The minimum Gasteiger partial charge on any atom is -0.504 e. The first-order valence-corrected chi connectivity index (χ1v) is 10.4. The SMILES string of the molecule is COc1ccc(-c2cc(=O)c3c(O)c(O[C@@H]4O[C@H](CO)[C@@H](O)[C@H](O)[C@H]4O)c(OC)cc3o2)cc1O. The Bertz CT molecular complexity index is 1280. The van der Waals surface area contributed by atoms with Crippen LogP contribution in [0.2, 0.25) is 0 Å². The topological polar surface area (TPSA) is 189 Å². The first-order valence-electron chi connectivity index (χ1n) is 10.4. The van der Waals surface area contributed by atoms with Gasteiger partial charge in [0, 0.05) is 17.7 Å². The summed E-state index contributed by atoms with van der Waals surface area (Å²) in [4.78, 5) is 12.9. The molecule has 35 heavy (non-hydrogen) atoms. The maximum absolute atomic E-state index is 12.9. The largest absolute Gasteiger partial charge is 0.504 e. The van der Waals surface area contributed by atoms with E-state index in [1.54, 1.807) is 6.07 Å². The van der Waals surface area contributed by atoms with E-state index in [0.717, 1.165) is 6.07 Å². The minimum absolute atomic E-state index is 0.0710. The fourth-order valence-electron chi connectivity index (χ4n) is 3.79. The number of ether oxygens (including phenoxy) is 4. The quantitative estimate of drug-likeness (QED) is 0.272. The van der Waals surface area contributed by atoms with Gasteiger partial charge in [0.05, 0.1) is 20.8 Å². The van der Waals surface area contributed by atoms with Gasteiger partial charge in [-0.1, -0.05) is 0 Å². The van der Waals surface area contributed by atoms with Crippen molar-refractivity contribution in [3.8, 4) is 40.1 Å². The van der Waals surface area contributed by atoms with E-state index in [2.05, 4.69) is 0 Å². The molecular weight excluding hydrogens is 468 g/mol. The van der Waals surface area contributed by atoms with Crippen LogP contribution in [0.3, 0.4) is 0 Å². The van der Waals surface area contributed by atoms with Crippen LogP contribution in [0.1, 0.15) is 0 Å². The fourth-order valence-corrected chi connectivity index (χ4v) is 3.79. The van der Waals surface area contributed by atoms with Crippen LogP contribution in [0, 0.1) is 0 Å². The molecular formula is C23H24O12. The molecule has 2 aromatic carbocycles. The van der Waals surface area contributed by atoms with E-state index in [9.17, 15) is 35.4 Å². The zero-order valence-corrected chi connectivity index (χ0v) is 18.6. The van der Waals surface area contributed by atoms with E-state index >= 15 is 0 Å². The number of hydrogen-bond acceptors (Lipinski definition) is 12. The molecule has 1 aliphatic rings. The zero-order valence-electron chi connectivity index (χ0n) is 18.6. The van der Waals surface area contributed by atoms with Gasteiger partial charge in [-0.25, -0.2) is 0 Å². The van der Waals surface area contributed by atoms with Gasteiger partial charge in [-0.15, -0.1) is 0 Å². The molecule has 0 bridgehead atoms. The number of hydrogen-bond donors (Lipinski definition) is 6. The van der Waals surface area contributed by atoms with Crippen molar-refractivity contribution in [3.05, 3.63) is 40.6 Å². The Balaban J connectivity index is 1.77. The van der Waals surface area contributed by atoms with Gasteiger partial charge in [0.2, 0.25) is 12.0 Å². The smallest absolute Gasteiger partial charge is 0.229 e. The molecule has 2 heterocycles. The Morgan fingerprint density at radius 3 is 2.29 bits per heavy atom. The average Bonchev–Trinajstić information content (AvgIpc) is 2.85. The molecule has 1 fully saturated rings. The second kappa shape index (κ2) is 9.60. The molecule has 0 unspecified atom stereocenters. The highest BCUT2D eigenvalue weighted by Crippen LogP contribution is 2.44. The van der Waals surface area contributed by atoms with Gasteiger partial charge in [-0.3, -0.25) is 4.79 Å². The highest BCUT2D eigenvalue weighted by atomic mass is 16.7. The third-order valence-electron chi connectivity index (χ3n) is 5.68. The lowest BCUT2D eigenvalue weighted by molar-refractivity contribution is -0.277. The molecule has 0 aliphatic carbocycles. The molecule has 0 spiro atoms. The van der Waals surface area contributed by atoms with Crippen molar-refractivity contribution in [2.45, 2.75) is 30.7 Å². The Kier molecular flexibility index (Phi) is 6.74. The highest BCUT2D eigenvalue weighted by Gasteiger charge is 2.45. The van der Waals surface area contributed by atoms with Crippen LogP contribution >= 0.6 is 0 Å². The third-order valence-corrected chi connectivity index (χ3v) is 5.68. The molecule has 5 atom stereocenters. The Labute approximate surface area is 197 Å². The molecule has 0 radical (unpaired) electrons. The van der Waals surface area contributed by atoms with Crippen LogP contribution in [0.4, 0.5) is 0 Å². The van der Waals surface area contributed by atoms with E-state index in [1.165, 1.54) is 32.4 Å². The summed E-state index contributed by atoms with van der Waals surface area (Å²) in [5.41, 5.74) is -0.365. The maximum Gasteiger partial charge on any atom is 0.229 e. The standard InChI is InChI=1S/C23H24O12/c1-31-12-4-3-9(5-10(12)25)13-6-11(26)17-14(33-13)7-15(32-2)22(19(17)28)35-23-21(30)20(29)18(27)16(8-24)34-23/h3-7,16,18,20-21,23-25,27-30H,8H2,1-2H3/t16-,18-,20+,21-,23+/m1/s1. The van der Waals surface area contributed by atoms with Gasteiger partial charge in [0.15, 0.2) is 28.4 Å². The monoisotopic (exact) mass is 492 g/mol. The van der Waals surface area contributed by atoms with Crippen molar-refractivity contribution in [1.29, 1.82) is 0 Å². The van der Waals surface area contributed by atoms with Crippen LogP contribution in [0.5, 0.6) is 28.7 Å².